The van der Waals surface area contributed by atoms with E-state index in [0.29, 0.717) is 25.4 Å². The van der Waals surface area contributed by atoms with Gasteiger partial charge in [-0.05, 0) is 19.3 Å². The van der Waals surface area contributed by atoms with Gasteiger partial charge in [0.15, 0.2) is 0 Å². The molecule has 3 N–H and O–H groups in total. The lowest BCUT2D eigenvalue weighted by molar-refractivity contribution is 0.292. The van der Waals surface area contributed by atoms with E-state index in [1.807, 2.05) is 6.92 Å². The summed E-state index contributed by atoms with van der Waals surface area (Å²) in [5.41, 5.74) is 5.60. The van der Waals surface area contributed by atoms with Crippen molar-refractivity contribution in [3.05, 3.63) is 0 Å². The van der Waals surface area contributed by atoms with Gasteiger partial charge in [-0.2, -0.15) is 15.0 Å². The monoisotopic (exact) mass is 301 g/mol. The van der Waals surface area contributed by atoms with E-state index >= 15 is 0 Å². The number of hydrogen-bond donors (Lipinski definition) is 2. The van der Waals surface area contributed by atoms with Crippen molar-refractivity contribution in [1.29, 1.82) is 0 Å². The summed E-state index contributed by atoms with van der Waals surface area (Å²) in [6.07, 6.45) is 1.92. The van der Waals surface area contributed by atoms with Crippen LogP contribution >= 0.6 is 0 Å². The third-order valence-corrected chi connectivity index (χ3v) is 4.67. The van der Waals surface area contributed by atoms with Crippen LogP contribution in [0.5, 0.6) is 6.01 Å². The molecule has 0 atom stereocenters. The second-order valence-electron chi connectivity index (χ2n) is 4.72. The maximum Gasteiger partial charge on any atom is 0.323 e. The molecule has 0 unspecified atom stereocenters. The average Bonchev–Trinajstić information content (AvgIpc) is 2.38. The maximum atomic E-state index is 11.4. The molecule has 0 saturated carbocycles. The number of nitrogen functional groups attached to an aromatic ring is 1. The number of sulfone groups is 1. The van der Waals surface area contributed by atoms with Crippen LogP contribution in [0.15, 0.2) is 0 Å². The average molecular weight is 301 g/mol. The van der Waals surface area contributed by atoms with Crippen LogP contribution in [0.1, 0.15) is 26.2 Å². The molecule has 0 spiro atoms. The van der Waals surface area contributed by atoms with Crippen molar-refractivity contribution in [1.82, 2.24) is 15.0 Å². The normalized spacial score (nSPS) is 18.6. The topological polar surface area (TPSA) is 120 Å². The number of hydrogen-bond acceptors (Lipinski definition) is 8. The van der Waals surface area contributed by atoms with Crippen LogP contribution in [-0.2, 0) is 9.84 Å². The highest BCUT2D eigenvalue weighted by Crippen LogP contribution is 2.17. The quantitative estimate of drug-likeness (QED) is 0.793. The van der Waals surface area contributed by atoms with E-state index in [9.17, 15) is 8.42 Å². The minimum atomic E-state index is -2.88. The third-order valence-electron chi connectivity index (χ3n) is 2.96. The molecule has 9 heteroatoms. The van der Waals surface area contributed by atoms with E-state index in [1.165, 1.54) is 0 Å². The van der Waals surface area contributed by atoms with E-state index in [0.717, 1.165) is 6.42 Å². The third kappa shape index (κ3) is 4.19. The van der Waals surface area contributed by atoms with Crippen LogP contribution < -0.4 is 15.8 Å². The summed E-state index contributed by atoms with van der Waals surface area (Å²) >= 11 is 0. The largest absolute Gasteiger partial charge is 0.463 e. The molecule has 0 amide bonds. The number of aromatic nitrogens is 3. The van der Waals surface area contributed by atoms with Crippen LogP contribution in [0, 0.1) is 0 Å². The molecule has 2 rings (SSSR count). The van der Waals surface area contributed by atoms with Gasteiger partial charge in [0.05, 0.1) is 18.1 Å². The van der Waals surface area contributed by atoms with Gasteiger partial charge in [-0.1, -0.05) is 6.92 Å². The molecule has 0 aliphatic carbocycles. The first-order valence-corrected chi connectivity index (χ1v) is 8.42. The van der Waals surface area contributed by atoms with E-state index in [1.54, 1.807) is 0 Å². The molecule has 0 aromatic carbocycles. The molecule has 1 fully saturated rings. The van der Waals surface area contributed by atoms with Crippen molar-refractivity contribution < 1.29 is 13.2 Å². The molecule has 1 aromatic heterocycles. The lowest BCUT2D eigenvalue weighted by atomic mass is 10.2. The molecule has 2 heterocycles. The van der Waals surface area contributed by atoms with Crippen LogP contribution in [0.4, 0.5) is 11.9 Å². The maximum absolute atomic E-state index is 11.4. The van der Waals surface area contributed by atoms with Gasteiger partial charge in [0.2, 0.25) is 11.9 Å². The summed E-state index contributed by atoms with van der Waals surface area (Å²) in [6.45, 7) is 2.48. The number of anilines is 2. The molecule has 112 valence electrons. The Morgan fingerprint density at radius 2 is 2.00 bits per heavy atom. The van der Waals surface area contributed by atoms with Crippen molar-refractivity contribution in [3.8, 4) is 6.01 Å². The minimum absolute atomic E-state index is 0.0272. The lowest BCUT2D eigenvalue weighted by Crippen LogP contribution is -2.32. The van der Waals surface area contributed by atoms with Crippen molar-refractivity contribution in [2.75, 3.05) is 29.2 Å². The Morgan fingerprint density at radius 1 is 1.30 bits per heavy atom. The molecule has 0 bridgehead atoms. The summed E-state index contributed by atoms with van der Waals surface area (Å²) in [7, 11) is -2.88. The SMILES string of the molecule is CCCOc1nc(N)nc(NC2CCS(=O)(=O)CC2)n1. The lowest BCUT2D eigenvalue weighted by Gasteiger charge is -2.23. The highest BCUT2D eigenvalue weighted by molar-refractivity contribution is 7.91. The van der Waals surface area contributed by atoms with E-state index in [4.69, 9.17) is 10.5 Å². The van der Waals surface area contributed by atoms with E-state index in [-0.39, 0.29) is 29.5 Å². The van der Waals surface area contributed by atoms with E-state index < -0.39 is 9.84 Å². The Morgan fingerprint density at radius 3 is 2.65 bits per heavy atom. The van der Waals surface area contributed by atoms with Crippen LogP contribution in [0.2, 0.25) is 0 Å². The minimum Gasteiger partial charge on any atom is -0.463 e. The van der Waals surface area contributed by atoms with Gasteiger partial charge in [-0.25, -0.2) is 8.42 Å². The van der Waals surface area contributed by atoms with Crippen LogP contribution in [0.25, 0.3) is 0 Å². The summed E-state index contributed by atoms with van der Waals surface area (Å²) in [5.74, 6) is 0.777. The summed E-state index contributed by atoms with van der Waals surface area (Å²) < 4.78 is 28.1. The smallest absolute Gasteiger partial charge is 0.323 e. The van der Waals surface area contributed by atoms with Crippen molar-refractivity contribution in [2.45, 2.75) is 32.2 Å². The van der Waals surface area contributed by atoms with Gasteiger partial charge in [-0.3, -0.25) is 0 Å². The molecule has 20 heavy (non-hydrogen) atoms. The first kappa shape index (κ1) is 14.8. The van der Waals surface area contributed by atoms with Crippen LogP contribution in [0.3, 0.4) is 0 Å². The molecule has 8 nitrogen and oxygen atoms in total. The first-order valence-electron chi connectivity index (χ1n) is 6.60. The molecule has 1 aliphatic rings. The predicted octanol–water partition coefficient (Wildman–Crippen LogP) is 0.232. The zero-order chi connectivity index (χ0) is 14.6. The van der Waals surface area contributed by atoms with Gasteiger partial charge in [-0.15, -0.1) is 0 Å². The summed E-state index contributed by atoms with van der Waals surface area (Å²) in [6, 6.07) is 0.213. The first-order chi connectivity index (χ1) is 9.48. The Kier molecular flexibility index (Phi) is 4.58. The Bertz CT molecular complexity index is 549. The number of nitrogens with one attached hydrogen (secondary N) is 1. The van der Waals surface area contributed by atoms with Crippen molar-refractivity contribution in [2.24, 2.45) is 0 Å². The van der Waals surface area contributed by atoms with Gasteiger partial charge >= 0.3 is 6.01 Å². The van der Waals surface area contributed by atoms with Crippen molar-refractivity contribution >= 4 is 21.7 Å². The second kappa shape index (κ2) is 6.21. The highest BCUT2D eigenvalue weighted by Gasteiger charge is 2.24. The fourth-order valence-electron chi connectivity index (χ4n) is 1.91. The van der Waals surface area contributed by atoms with Gasteiger partial charge < -0.3 is 15.8 Å². The zero-order valence-corrected chi connectivity index (χ0v) is 12.2. The van der Waals surface area contributed by atoms with E-state index in [2.05, 4.69) is 20.3 Å². The molecule has 1 saturated heterocycles. The Labute approximate surface area is 118 Å². The van der Waals surface area contributed by atoms with Gasteiger partial charge in [0.25, 0.3) is 0 Å². The summed E-state index contributed by atoms with van der Waals surface area (Å²) in [5, 5.41) is 3.09. The Hall–Kier alpha value is -1.64. The number of nitrogens with two attached hydrogens (primary N) is 1. The van der Waals surface area contributed by atoms with Gasteiger partial charge in [0.1, 0.15) is 9.84 Å². The number of rotatable bonds is 5. The molecule has 1 aromatic rings. The second-order valence-corrected chi connectivity index (χ2v) is 7.02. The number of ether oxygens (including phenoxy) is 1. The zero-order valence-electron chi connectivity index (χ0n) is 11.4. The molecule has 0 radical (unpaired) electrons. The van der Waals surface area contributed by atoms with Gasteiger partial charge in [0, 0.05) is 6.04 Å². The molecule has 1 aliphatic heterocycles. The Balaban J connectivity index is 2.00. The van der Waals surface area contributed by atoms with Crippen LogP contribution in [-0.4, -0.2) is 47.5 Å². The number of nitrogens with zero attached hydrogens (tertiary/aromatic N) is 3. The summed E-state index contributed by atoms with van der Waals surface area (Å²) in [4.78, 5) is 12.0. The molecular weight excluding hydrogens is 282 g/mol. The highest BCUT2D eigenvalue weighted by atomic mass is 32.2. The fourth-order valence-corrected chi connectivity index (χ4v) is 3.40. The van der Waals surface area contributed by atoms with Crippen molar-refractivity contribution in [3.63, 3.8) is 0 Å². The fraction of sp³-hybridized carbons (Fsp3) is 0.727. The molecular formula is C11H19N5O3S. The standard InChI is InChI=1S/C11H19N5O3S/c1-2-5-19-11-15-9(12)14-10(16-11)13-8-3-6-20(17,18)7-4-8/h8H,2-7H2,1H3,(H3,12,13,14,15,16). The predicted molar refractivity (Wildman–Crippen MR) is 75.3 cm³/mol.